The van der Waals surface area contributed by atoms with Crippen LogP contribution in [0.5, 0.6) is 0 Å². The van der Waals surface area contributed by atoms with Crippen molar-refractivity contribution in [2.24, 2.45) is 5.92 Å². The van der Waals surface area contributed by atoms with Crippen LogP contribution >= 0.6 is 0 Å². The lowest BCUT2D eigenvalue weighted by molar-refractivity contribution is -0.150. The van der Waals surface area contributed by atoms with E-state index in [2.05, 4.69) is 0 Å². The zero-order valence-electron chi connectivity index (χ0n) is 14.7. The molecule has 0 saturated carbocycles. The zero-order valence-corrected chi connectivity index (χ0v) is 14.7. The van der Waals surface area contributed by atoms with Gasteiger partial charge in [0.15, 0.2) is 0 Å². The summed E-state index contributed by atoms with van der Waals surface area (Å²) in [7, 11) is 0. The summed E-state index contributed by atoms with van der Waals surface area (Å²) in [5.41, 5.74) is 0.923. The van der Waals surface area contributed by atoms with Gasteiger partial charge in [-0.05, 0) is 26.3 Å². The standard InChI is InChI=1S/C19H26N2O3/c1-19(2,3)21-10-15(9-17(21)22)18(23)20-11-16(12-20)24-13-14-7-5-4-6-8-14/h4-8,15-16H,9-13H2,1-3H3/t15-/m0/s1. The minimum absolute atomic E-state index is 0.0817. The number of ether oxygens (including phenoxy) is 1. The molecule has 24 heavy (non-hydrogen) atoms. The quantitative estimate of drug-likeness (QED) is 0.849. The molecule has 3 rings (SSSR count). The van der Waals surface area contributed by atoms with Crippen molar-refractivity contribution < 1.29 is 14.3 Å². The first-order valence-electron chi connectivity index (χ1n) is 8.59. The average Bonchev–Trinajstić information content (AvgIpc) is 2.88. The molecule has 1 atom stereocenters. The van der Waals surface area contributed by atoms with Gasteiger partial charge in [0.2, 0.25) is 11.8 Å². The fraction of sp³-hybridized carbons (Fsp3) is 0.579. The lowest BCUT2D eigenvalue weighted by Crippen LogP contribution is -2.56. The Morgan fingerprint density at radius 2 is 1.83 bits per heavy atom. The van der Waals surface area contributed by atoms with Crippen molar-refractivity contribution in [2.45, 2.75) is 45.4 Å². The van der Waals surface area contributed by atoms with E-state index in [1.54, 1.807) is 0 Å². The lowest BCUT2D eigenvalue weighted by atomic mass is 10.0. The molecule has 0 aliphatic carbocycles. The molecule has 2 heterocycles. The highest BCUT2D eigenvalue weighted by atomic mass is 16.5. The highest BCUT2D eigenvalue weighted by molar-refractivity contribution is 5.90. The van der Waals surface area contributed by atoms with Gasteiger partial charge in [0, 0.05) is 31.6 Å². The van der Waals surface area contributed by atoms with Crippen LogP contribution in [0.15, 0.2) is 30.3 Å². The number of benzene rings is 1. The second-order valence-corrected chi connectivity index (χ2v) is 7.74. The van der Waals surface area contributed by atoms with E-state index in [0.29, 0.717) is 32.7 Å². The van der Waals surface area contributed by atoms with Gasteiger partial charge in [0.25, 0.3) is 0 Å². The third-order valence-electron chi connectivity index (χ3n) is 4.77. The molecule has 130 valence electrons. The van der Waals surface area contributed by atoms with Gasteiger partial charge in [-0.2, -0.15) is 0 Å². The maximum atomic E-state index is 12.6. The van der Waals surface area contributed by atoms with Crippen molar-refractivity contribution in [1.82, 2.24) is 9.80 Å². The van der Waals surface area contributed by atoms with Crippen molar-refractivity contribution in [1.29, 1.82) is 0 Å². The molecule has 0 radical (unpaired) electrons. The highest BCUT2D eigenvalue weighted by Gasteiger charge is 2.43. The molecular weight excluding hydrogens is 304 g/mol. The van der Waals surface area contributed by atoms with Gasteiger partial charge in [0.05, 0.1) is 18.6 Å². The Labute approximate surface area is 143 Å². The minimum Gasteiger partial charge on any atom is -0.370 e. The fourth-order valence-electron chi connectivity index (χ4n) is 3.29. The van der Waals surface area contributed by atoms with Gasteiger partial charge in [-0.3, -0.25) is 9.59 Å². The maximum Gasteiger partial charge on any atom is 0.228 e. The number of carbonyl (C=O) groups excluding carboxylic acids is 2. The average molecular weight is 330 g/mol. The third-order valence-corrected chi connectivity index (χ3v) is 4.77. The Morgan fingerprint density at radius 1 is 1.17 bits per heavy atom. The number of hydrogen-bond acceptors (Lipinski definition) is 3. The second-order valence-electron chi connectivity index (χ2n) is 7.74. The van der Waals surface area contributed by atoms with E-state index in [1.807, 2.05) is 60.9 Å². The molecule has 0 bridgehead atoms. The smallest absolute Gasteiger partial charge is 0.228 e. The first-order valence-corrected chi connectivity index (χ1v) is 8.59. The van der Waals surface area contributed by atoms with Gasteiger partial charge in [-0.1, -0.05) is 30.3 Å². The Morgan fingerprint density at radius 3 is 2.42 bits per heavy atom. The molecule has 2 saturated heterocycles. The summed E-state index contributed by atoms with van der Waals surface area (Å²) < 4.78 is 5.83. The summed E-state index contributed by atoms with van der Waals surface area (Å²) in [6, 6.07) is 10.0. The summed E-state index contributed by atoms with van der Waals surface area (Å²) in [6.45, 7) is 8.40. The number of amides is 2. The maximum absolute atomic E-state index is 12.6. The van der Waals surface area contributed by atoms with Gasteiger partial charge in [0.1, 0.15) is 0 Å². The molecule has 2 aliphatic heterocycles. The summed E-state index contributed by atoms with van der Waals surface area (Å²) in [4.78, 5) is 28.3. The number of hydrogen-bond donors (Lipinski definition) is 0. The monoisotopic (exact) mass is 330 g/mol. The molecule has 1 aromatic carbocycles. The van der Waals surface area contributed by atoms with E-state index in [-0.39, 0.29) is 29.4 Å². The van der Waals surface area contributed by atoms with Crippen molar-refractivity contribution in [3.05, 3.63) is 35.9 Å². The normalized spacial score (nSPS) is 22.0. The van der Waals surface area contributed by atoms with Crippen LogP contribution in [0, 0.1) is 5.92 Å². The van der Waals surface area contributed by atoms with Crippen LogP contribution in [-0.4, -0.2) is 52.9 Å². The molecular formula is C19H26N2O3. The van der Waals surface area contributed by atoms with Crippen LogP contribution in [0.25, 0.3) is 0 Å². The molecule has 0 unspecified atom stereocenters. The van der Waals surface area contributed by atoms with E-state index in [4.69, 9.17) is 4.74 Å². The highest BCUT2D eigenvalue weighted by Crippen LogP contribution is 2.28. The van der Waals surface area contributed by atoms with E-state index in [9.17, 15) is 9.59 Å². The van der Waals surface area contributed by atoms with E-state index in [0.717, 1.165) is 5.56 Å². The number of rotatable bonds is 4. The molecule has 1 aromatic rings. The van der Waals surface area contributed by atoms with Crippen LogP contribution in [0.3, 0.4) is 0 Å². The van der Waals surface area contributed by atoms with Crippen LogP contribution in [0.4, 0.5) is 0 Å². The summed E-state index contributed by atoms with van der Waals surface area (Å²) in [5.74, 6) is -0.0280. The van der Waals surface area contributed by atoms with E-state index in [1.165, 1.54) is 0 Å². The van der Waals surface area contributed by atoms with Crippen LogP contribution in [0.2, 0.25) is 0 Å². The van der Waals surface area contributed by atoms with E-state index < -0.39 is 0 Å². The molecule has 5 nitrogen and oxygen atoms in total. The van der Waals surface area contributed by atoms with Crippen molar-refractivity contribution in [3.63, 3.8) is 0 Å². The van der Waals surface area contributed by atoms with Crippen LogP contribution in [0.1, 0.15) is 32.8 Å². The fourth-order valence-corrected chi connectivity index (χ4v) is 3.29. The number of likely N-dealkylation sites (tertiary alicyclic amines) is 2. The van der Waals surface area contributed by atoms with E-state index >= 15 is 0 Å². The Kier molecular flexibility index (Phi) is 4.63. The molecule has 2 fully saturated rings. The molecule has 5 heteroatoms. The first-order chi connectivity index (χ1) is 11.3. The topological polar surface area (TPSA) is 49.9 Å². The largest absolute Gasteiger partial charge is 0.370 e. The molecule has 2 aliphatic rings. The van der Waals surface area contributed by atoms with Gasteiger partial charge in [-0.25, -0.2) is 0 Å². The molecule has 0 spiro atoms. The predicted molar refractivity (Wildman–Crippen MR) is 91.2 cm³/mol. The Hall–Kier alpha value is -1.88. The predicted octanol–water partition coefficient (Wildman–Crippen LogP) is 2.06. The summed E-state index contributed by atoms with van der Waals surface area (Å²) in [6.07, 6.45) is 0.437. The number of nitrogens with zero attached hydrogens (tertiary/aromatic N) is 2. The SMILES string of the molecule is CC(C)(C)N1C[C@@H](C(=O)N2CC(OCc3ccccc3)C2)CC1=O. The van der Waals surface area contributed by atoms with Gasteiger partial charge < -0.3 is 14.5 Å². The van der Waals surface area contributed by atoms with Gasteiger partial charge >= 0.3 is 0 Å². The summed E-state index contributed by atoms with van der Waals surface area (Å²) in [5, 5.41) is 0. The summed E-state index contributed by atoms with van der Waals surface area (Å²) >= 11 is 0. The van der Waals surface area contributed by atoms with Crippen molar-refractivity contribution in [2.75, 3.05) is 19.6 Å². The minimum atomic E-state index is -0.220. The van der Waals surface area contributed by atoms with Crippen molar-refractivity contribution >= 4 is 11.8 Å². The lowest BCUT2D eigenvalue weighted by Gasteiger charge is -2.40. The number of carbonyl (C=O) groups is 2. The van der Waals surface area contributed by atoms with Crippen LogP contribution in [-0.2, 0) is 20.9 Å². The molecule has 0 N–H and O–H groups in total. The third kappa shape index (κ3) is 3.61. The second kappa shape index (κ2) is 6.55. The van der Waals surface area contributed by atoms with Gasteiger partial charge in [-0.15, -0.1) is 0 Å². The molecule has 0 aromatic heterocycles. The Balaban J connectivity index is 1.45. The van der Waals surface area contributed by atoms with Crippen molar-refractivity contribution in [3.8, 4) is 0 Å². The Bertz CT molecular complexity index is 603. The first kappa shape index (κ1) is 17.0. The molecule has 2 amide bonds. The van der Waals surface area contributed by atoms with Crippen LogP contribution < -0.4 is 0 Å². The zero-order chi connectivity index (χ0) is 17.3.